The molecule has 0 atom stereocenters. The summed E-state index contributed by atoms with van der Waals surface area (Å²) in [5.74, 6) is 1.55. The van der Waals surface area contributed by atoms with Crippen molar-refractivity contribution in [1.82, 2.24) is 0 Å². The van der Waals surface area contributed by atoms with E-state index in [1.165, 1.54) is 11.1 Å². The summed E-state index contributed by atoms with van der Waals surface area (Å²) in [7, 11) is 0. The Morgan fingerprint density at radius 2 is 1.15 bits per heavy atom. The van der Waals surface area contributed by atoms with Crippen molar-refractivity contribution in [2.45, 2.75) is 40.5 Å². The van der Waals surface area contributed by atoms with E-state index in [0.717, 1.165) is 12.8 Å². The van der Waals surface area contributed by atoms with Gasteiger partial charge in [-0.2, -0.15) is 0 Å². The van der Waals surface area contributed by atoms with Gasteiger partial charge in [-0.1, -0.05) is 39.8 Å². The highest BCUT2D eigenvalue weighted by Crippen LogP contribution is 2.20. The first kappa shape index (κ1) is 20.7. The van der Waals surface area contributed by atoms with Crippen molar-refractivity contribution < 1.29 is 10.2 Å². The minimum Gasteiger partial charge on any atom is -0.507 e. The molecule has 0 bridgehead atoms. The first-order chi connectivity index (χ1) is 12.8. The molecule has 27 heavy (non-hydrogen) atoms. The standard InChI is InChI=1S/C23H30N2O2/c1-16(2)9-18-5-7-22(26)20(11-18)13-24-15-25-14-21-12-19(10-17(3)4)6-8-23(21)27/h5-8,11-14,16-17,26-27H,9-10,15H2,1-4H3. The van der Waals surface area contributed by atoms with Crippen molar-refractivity contribution in [3.05, 3.63) is 58.7 Å². The van der Waals surface area contributed by atoms with Crippen molar-refractivity contribution in [1.29, 1.82) is 0 Å². The van der Waals surface area contributed by atoms with Crippen LogP contribution >= 0.6 is 0 Å². The molecule has 0 saturated carbocycles. The lowest BCUT2D eigenvalue weighted by Crippen LogP contribution is -1.96. The van der Waals surface area contributed by atoms with E-state index in [2.05, 4.69) is 37.7 Å². The van der Waals surface area contributed by atoms with Crippen LogP contribution in [-0.2, 0) is 12.8 Å². The van der Waals surface area contributed by atoms with E-state index in [9.17, 15) is 10.2 Å². The molecule has 0 radical (unpaired) electrons. The van der Waals surface area contributed by atoms with Crippen LogP contribution in [0.4, 0.5) is 0 Å². The van der Waals surface area contributed by atoms with Gasteiger partial charge in [-0.15, -0.1) is 0 Å². The van der Waals surface area contributed by atoms with Crippen molar-refractivity contribution in [2.24, 2.45) is 21.8 Å². The molecule has 0 aliphatic heterocycles. The van der Waals surface area contributed by atoms with Gasteiger partial charge in [0.05, 0.1) is 0 Å². The maximum absolute atomic E-state index is 9.98. The fraction of sp³-hybridized carbons (Fsp3) is 0.391. The Bertz CT molecular complexity index is 741. The van der Waals surface area contributed by atoms with Crippen LogP contribution in [0.2, 0.25) is 0 Å². The average Bonchev–Trinajstić information content (AvgIpc) is 2.59. The van der Waals surface area contributed by atoms with E-state index in [-0.39, 0.29) is 18.2 Å². The summed E-state index contributed by atoms with van der Waals surface area (Å²) in [5.41, 5.74) is 3.76. The largest absolute Gasteiger partial charge is 0.507 e. The van der Waals surface area contributed by atoms with Crippen LogP contribution < -0.4 is 0 Å². The van der Waals surface area contributed by atoms with E-state index in [1.807, 2.05) is 24.3 Å². The van der Waals surface area contributed by atoms with Gasteiger partial charge < -0.3 is 10.2 Å². The molecule has 0 aliphatic rings. The predicted molar refractivity (Wildman–Crippen MR) is 113 cm³/mol. The molecule has 0 saturated heterocycles. The zero-order chi connectivity index (χ0) is 19.8. The molecule has 2 aromatic rings. The number of aliphatic imine (C=N–C) groups is 2. The van der Waals surface area contributed by atoms with Gasteiger partial charge in [0.25, 0.3) is 0 Å². The van der Waals surface area contributed by atoms with E-state index < -0.39 is 0 Å². The van der Waals surface area contributed by atoms with Gasteiger partial charge in [0, 0.05) is 23.6 Å². The highest BCUT2D eigenvalue weighted by atomic mass is 16.3. The number of phenols is 2. The minimum absolute atomic E-state index is 0.217. The molecule has 4 nitrogen and oxygen atoms in total. The summed E-state index contributed by atoms with van der Waals surface area (Å²) in [6.45, 7) is 8.91. The normalized spacial score (nSPS) is 12.1. The van der Waals surface area contributed by atoms with Crippen LogP contribution in [0, 0.1) is 11.8 Å². The predicted octanol–water partition coefficient (Wildman–Crippen LogP) is 4.99. The van der Waals surface area contributed by atoms with E-state index in [4.69, 9.17) is 0 Å². The molecule has 4 heteroatoms. The van der Waals surface area contributed by atoms with Crippen molar-refractivity contribution in [2.75, 3.05) is 6.67 Å². The van der Waals surface area contributed by atoms with Gasteiger partial charge in [-0.05, 0) is 60.1 Å². The molecule has 2 aromatic carbocycles. The molecule has 0 amide bonds. The van der Waals surface area contributed by atoms with Crippen molar-refractivity contribution >= 4 is 12.4 Å². The van der Waals surface area contributed by atoms with Crippen LogP contribution in [0.15, 0.2) is 46.4 Å². The lowest BCUT2D eigenvalue weighted by Gasteiger charge is -2.07. The topological polar surface area (TPSA) is 65.2 Å². The molecule has 0 unspecified atom stereocenters. The van der Waals surface area contributed by atoms with E-state index >= 15 is 0 Å². The molecule has 0 aliphatic carbocycles. The van der Waals surface area contributed by atoms with E-state index in [0.29, 0.717) is 23.0 Å². The number of hydrogen-bond acceptors (Lipinski definition) is 4. The fourth-order valence-corrected chi connectivity index (χ4v) is 2.94. The lowest BCUT2D eigenvalue weighted by atomic mass is 10.0. The first-order valence-corrected chi connectivity index (χ1v) is 9.48. The van der Waals surface area contributed by atoms with Crippen LogP contribution in [0.3, 0.4) is 0 Å². The van der Waals surface area contributed by atoms with Gasteiger partial charge in [0.2, 0.25) is 0 Å². The monoisotopic (exact) mass is 366 g/mol. The van der Waals surface area contributed by atoms with Gasteiger partial charge in [-0.3, -0.25) is 9.98 Å². The van der Waals surface area contributed by atoms with Gasteiger partial charge >= 0.3 is 0 Å². The zero-order valence-corrected chi connectivity index (χ0v) is 16.7. The summed E-state index contributed by atoms with van der Waals surface area (Å²) < 4.78 is 0. The second-order valence-corrected chi connectivity index (χ2v) is 7.75. The van der Waals surface area contributed by atoms with Crippen LogP contribution in [-0.4, -0.2) is 29.3 Å². The quantitative estimate of drug-likeness (QED) is 0.646. The molecule has 0 spiro atoms. The Hall–Kier alpha value is -2.62. The molecule has 144 valence electrons. The minimum atomic E-state index is 0.217. The van der Waals surface area contributed by atoms with Crippen molar-refractivity contribution in [3.63, 3.8) is 0 Å². The average molecular weight is 367 g/mol. The smallest absolute Gasteiger partial charge is 0.129 e. The SMILES string of the molecule is CC(C)Cc1ccc(O)c(C=NCN=Cc2cc(CC(C)C)ccc2O)c1. The number of benzene rings is 2. The van der Waals surface area contributed by atoms with Crippen molar-refractivity contribution in [3.8, 4) is 11.5 Å². The highest BCUT2D eigenvalue weighted by molar-refractivity contribution is 5.85. The number of phenolic OH excluding ortho intramolecular Hbond substituents is 2. The number of hydrogen-bond donors (Lipinski definition) is 2. The van der Waals surface area contributed by atoms with Gasteiger partial charge in [-0.25, -0.2) is 0 Å². The van der Waals surface area contributed by atoms with Gasteiger partial charge in [0.15, 0.2) is 0 Å². The number of nitrogens with zero attached hydrogens (tertiary/aromatic N) is 2. The summed E-state index contributed by atoms with van der Waals surface area (Å²) in [5, 5.41) is 20.0. The lowest BCUT2D eigenvalue weighted by molar-refractivity contribution is 0.473. The Kier molecular flexibility index (Phi) is 7.59. The van der Waals surface area contributed by atoms with Crippen LogP contribution in [0.1, 0.15) is 49.9 Å². The van der Waals surface area contributed by atoms with Crippen LogP contribution in [0.25, 0.3) is 0 Å². The second-order valence-electron chi connectivity index (χ2n) is 7.75. The highest BCUT2D eigenvalue weighted by Gasteiger charge is 2.04. The van der Waals surface area contributed by atoms with Gasteiger partial charge in [0.1, 0.15) is 18.2 Å². The number of aromatic hydroxyl groups is 2. The Labute approximate surface area is 162 Å². The molecule has 0 heterocycles. The summed E-state index contributed by atoms with van der Waals surface area (Å²) in [4.78, 5) is 8.55. The van der Waals surface area contributed by atoms with Crippen LogP contribution in [0.5, 0.6) is 11.5 Å². The number of rotatable bonds is 8. The summed E-state index contributed by atoms with van der Waals surface area (Å²) >= 11 is 0. The molecule has 2 rings (SSSR count). The first-order valence-electron chi connectivity index (χ1n) is 9.48. The third-order valence-electron chi connectivity index (χ3n) is 4.10. The fourth-order valence-electron chi connectivity index (χ4n) is 2.94. The third-order valence-corrected chi connectivity index (χ3v) is 4.10. The Morgan fingerprint density at radius 1 is 0.741 bits per heavy atom. The maximum Gasteiger partial charge on any atom is 0.129 e. The molecular formula is C23H30N2O2. The van der Waals surface area contributed by atoms with E-state index in [1.54, 1.807) is 24.6 Å². The summed E-state index contributed by atoms with van der Waals surface area (Å²) in [6, 6.07) is 11.2. The zero-order valence-electron chi connectivity index (χ0n) is 16.7. The summed E-state index contributed by atoms with van der Waals surface area (Å²) in [6.07, 6.45) is 5.22. The molecule has 0 fully saturated rings. The Morgan fingerprint density at radius 3 is 1.52 bits per heavy atom. The molecule has 2 N–H and O–H groups in total. The molecular weight excluding hydrogens is 336 g/mol. The third kappa shape index (κ3) is 6.89. The molecule has 0 aromatic heterocycles. The Balaban J connectivity index is 2.01. The second kappa shape index (κ2) is 9.91. The maximum atomic E-state index is 9.98.